The van der Waals surface area contributed by atoms with Crippen LogP contribution in [0.1, 0.15) is 5.69 Å². The van der Waals surface area contributed by atoms with Crippen molar-refractivity contribution in [3.63, 3.8) is 0 Å². The standard InChI is InChI=1S/C7H9N5S.ClH.Cu/c1-8-7(13)12-11-5-6-4-9-2-3-10-6;;/h2-5H,1H3,(H2,8,10,12,13);1H;/q;;+2/p-1. The minimum absolute atomic E-state index is 0.445. The molecule has 0 bridgehead atoms. The van der Waals surface area contributed by atoms with E-state index < -0.39 is 0 Å². The van der Waals surface area contributed by atoms with Crippen LogP contribution in [0.3, 0.4) is 0 Å². The molecule has 1 rings (SSSR count). The second kappa shape index (κ2) is 9.95. The van der Waals surface area contributed by atoms with E-state index in [4.69, 9.17) is 0 Å². The van der Waals surface area contributed by atoms with Crippen molar-refractivity contribution in [1.82, 2.24) is 15.3 Å². The first kappa shape index (κ1) is 14.4. The van der Waals surface area contributed by atoms with E-state index in [9.17, 15) is 0 Å². The third-order valence-electron chi connectivity index (χ3n) is 1.15. The Bertz CT molecular complexity index is 308. The average Bonchev–Trinajstić information content (AvgIpc) is 2.33. The van der Waals surface area contributed by atoms with E-state index in [2.05, 4.69) is 63.2 Å². The van der Waals surface area contributed by atoms with Gasteiger partial charge >= 0.3 is 25.2 Å². The fourth-order valence-corrected chi connectivity index (χ4v) is 0.622. The Kier molecular flexibility index (Phi) is 9.55. The summed E-state index contributed by atoms with van der Waals surface area (Å²) >= 11 is 7.63. The van der Waals surface area contributed by atoms with Gasteiger partial charge in [-0.15, -0.1) is 0 Å². The van der Waals surface area contributed by atoms with E-state index in [1.165, 1.54) is 6.21 Å². The van der Waals surface area contributed by atoms with Crippen molar-refractivity contribution < 1.29 is 15.1 Å². The molecule has 0 aliphatic heterocycles. The fraction of sp³-hybridized carbons (Fsp3) is 0.143. The van der Waals surface area contributed by atoms with Crippen LogP contribution < -0.4 is 5.32 Å². The molecular formula is C7H9ClCuN5S+. The molecule has 0 radical (unpaired) electrons. The van der Waals surface area contributed by atoms with Crippen LogP contribution in [0.2, 0.25) is 0 Å². The van der Waals surface area contributed by atoms with Crippen LogP contribution in [0.4, 0.5) is 0 Å². The van der Waals surface area contributed by atoms with Gasteiger partial charge in [0, 0.05) is 18.6 Å². The van der Waals surface area contributed by atoms with Gasteiger partial charge in [0.15, 0.2) is 17.3 Å². The fourth-order valence-electron chi connectivity index (χ4n) is 0.570. The average molecular weight is 294 g/mol. The Labute approximate surface area is 106 Å². The molecule has 15 heavy (non-hydrogen) atoms. The van der Waals surface area contributed by atoms with Crippen LogP contribution >= 0.6 is 10.1 Å². The second-order valence-electron chi connectivity index (χ2n) is 2.05. The Balaban J connectivity index is 0.000000921. The van der Waals surface area contributed by atoms with Crippen molar-refractivity contribution in [1.29, 1.82) is 0 Å². The molecule has 1 heterocycles. The first-order valence-electron chi connectivity index (χ1n) is 3.68. The number of thiol groups is 1. The number of halogens is 1. The molecule has 8 heteroatoms. The molecule has 0 aromatic carbocycles. The molecule has 0 unspecified atom stereocenters. The zero-order chi connectivity index (χ0) is 11.5. The minimum atomic E-state index is 0.445. The molecule has 0 saturated heterocycles. The summed E-state index contributed by atoms with van der Waals surface area (Å²) in [4.78, 5) is 7.84. The summed E-state index contributed by atoms with van der Waals surface area (Å²) in [6.45, 7) is 0. The number of nitrogens with zero attached hydrogens (tertiary/aromatic N) is 4. The van der Waals surface area contributed by atoms with Crippen molar-refractivity contribution in [3.8, 4) is 0 Å². The van der Waals surface area contributed by atoms with Gasteiger partial charge in [0.05, 0.1) is 11.9 Å². The summed E-state index contributed by atoms with van der Waals surface area (Å²) in [6, 6.07) is 0. The van der Waals surface area contributed by atoms with E-state index in [0.717, 1.165) is 0 Å². The molecule has 1 aromatic rings. The first-order valence-corrected chi connectivity index (χ1v) is 5.42. The Hall–Kier alpha value is -0.591. The number of aromatic nitrogens is 2. The summed E-state index contributed by atoms with van der Waals surface area (Å²) in [5.41, 5.74) is 4.37. The van der Waals surface area contributed by atoms with Gasteiger partial charge in [-0.1, -0.05) is 0 Å². The molecular weight excluding hydrogens is 285 g/mol. The zero-order valence-corrected chi connectivity index (χ0v) is 10.3. The van der Waals surface area contributed by atoms with Gasteiger partial charge in [-0.05, 0) is 7.05 Å². The molecule has 0 spiro atoms. The van der Waals surface area contributed by atoms with Gasteiger partial charge in [-0.3, -0.25) is 15.3 Å². The van der Waals surface area contributed by atoms with E-state index in [1.54, 1.807) is 25.6 Å². The number of hydrogen-bond acceptors (Lipinski definition) is 3. The van der Waals surface area contributed by atoms with Crippen LogP contribution in [0, 0.1) is 0 Å². The van der Waals surface area contributed by atoms with Crippen molar-refractivity contribution in [2.45, 2.75) is 0 Å². The second-order valence-corrected chi connectivity index (χ2v) is 2.47. The number of nitrogens with one attached hydrogen (secondary N) is 1. The van der Waals surface area contributed by atoms with E-state index in [-0.39, 0.29) is 0 Å². The molecule has 0 aliphatic carbocycles. The number of hydrogen-bond donors (Lipinski definition) is 1. The van der Waals surface area contributed by atoms with E-state index in [0.29, 0.717) is 10.8 Å². The third kappa shape index (κ3) is 7.35. The summed E-state index contributed by atoms with van der Waals surface area (Å²) < 4.78 is 0. The zero-order valence-electron chi connectivity index (χ0n) is 7.72. The van der Waals surface area contributed by atoms with Crippen LogP contribution in [0.25, 0.3) is 5.43 Å². The van der Waals surface area contributed by atoms with Gasteiger partial charge < -0.3 is 10.5 Å². The van der Waals surface area contributed by atoms with Gasteiger partial charge in [-0.25, -0.2) is 0 Å². The maximum absolute atomic E-state index is 4.20. The maximum atomic E-state index is 4.20. The van der Waals surface area contributed by atoms with Crippen molar-refractivity contribution >= 4 is 33.6 Å². The molecule has 0 fully saturated rings. The molecule has 0 amide bonds. The number of rotatable bonds is 2. The monoisotopic (exact) mass is 293 g/mol. The van der Waals surface area contributed by atoms with Gasteiger partial charge in [-0.2, -0.15) is 0 Å². The predicted octanol–water partition coefficient (Wildman–Crippen LogP) is 0.457. The summed E-state index contributed by atoms with van der Waals surface area (Å²) in [5.74, 6) is 0. The summed E-state index contributed by atoms with van der Waals surface area (Å²) in [5, 5.41) is 6.89. The topological polar surface area (TPSA) is 64.3 Å². The summed E-state index contributed by atoms with van der Waals surface area (Å²) in [7, 11) is 5.91. The van der Waals surface area contributed by atoms with Crippen LogP contribution in [-0.2, 0) is 27.3 Å². The molecule has 0 atom stereocenters. The van der Waals surface area contributed by atoms with Crippen LogP contribution in [0.15, 0.2) is 23.7 Å². The van der Waals surface area contributed by atoms with E-state index >= 15 is 0 Å². The molecule has 1 aromatic heterocycles. The van der Waals surface area contributed by atoms with Crippen molar-refractivity contribution in [2.75, 3.05) is 7.05 Å². The Morgan fingerprint density at radius 3 is 2.93 bits per heavy atom. The molecule has 0 saturated carbocycles. The van der Waals surface area contributed by atoms with Crippen molar-refractivity contribution in [3.05, 3.63) is 29.7 Å². The SMILES string of the molecule is CNC(=[SH+])[N-]N=Cc1cnccn1.[Cl][Cu+]. The summed E-state index contributed by atoms with van der Waals surface area (Å²) in [6.07, 6.45) is 6.28. The Morgan fingerprint density at radius 2 is 2.40 bits per heavy atom. The first-order chi connectivity index (χ1) is 7.33. The predicted molar refractivity (Wildman–Crippen MR) is 61.7 cm³/mol. The molecule has 0 aliphatic rings. The normalized spacial score (nSPS) is 9.33. The van der Waals surface area contributed by atoms with Crippen LogP contribution in [-0.4, -0.2) is 28.3 Å². The molecule has 1 N–H and O–H groups in total. The van der Waals surface area contributed by atoms with Gasteiger partial charge in [0.2, 0.25) is 0 Å². The quantitative estimate of drug-likeness (QED) is 0.215. The van der Waals surface area contributed by atoms with Crippen molar-refractivity contribution in [2.24, 2.45) is 5.10 Å². The van der Waals surface area contributed by atoms with E-state index in [1.807, 2.05) is 0 Å². The van der Waals surface area contributed by atoms with Gasteiger partial charge in [0.25, 0.3) is 0 Å². The van der Waals surface area contributed by atoms with Gasteiger partial charge in [0.1, 0.15) is 0 Å². The molecule has 5 nitrogen and oxygen atoms in total. The Morgan fingerprint density at radius 1 is 1.67 bits per heavy atom. The third-order valence-corrected chi connectivity index (χ3v) is 1.46. The molecule has 85 valence electrons. The van der Waals surface area contributed by atoms with Crippen LogP contribution in [0.5, 0.6) is 0 Å².